The van der Waals surface area contributed by atoms with E-state index in [1.807, 2.05) is 36.1 Å². The summed E-state index contributed by atoms with van der Waals surface area (Å²) in [6.07, 6.45) is 2.90. The van der Waals surface area contributed by atoms with E-state index < -0.39 is 17.2 Å². The second kappa shape index (κ2) is 13.6. The number of nitriles is 1. The number of rotatable bonds is 8. The molecule has 9 nitrogen and oxygen atoms in total. The van der Waals surface area contributed by atoms with E-state index in [1.54, 1.807) is 38.2 Å². The fourth-order valence-electron chi connectivity index (χ4n) is 8.09. The highest BCUT2D eigenvalue weighted by atomic mass is 19.1. The van der Waals surface area contributed by atoms with Crippen LogP contribution in [-0.2, 0) is 21.6 Å². The van der Waals surface area contributed by atoms with E-state index in [0.717, 1.165) is 34.9 Å². The number of aryl methyl sites for hydroxylation is 1. The van der Waals surface area contributed by atoms with Gasteiger partial charge in [0.2, 0.25) is 5.91 Å². The van der Waals surface area contributed by atoms with E-state index in [9.17, 15) is 19.6 Å². The number of aromatic nitrogens is 3. The zero-order valence-electron chi connectivity index (χ0n) is 29.9. The molecule has 270 valence electrons. The molecule has 2 aliphatic rings. The molecule has 0 aliphatic carbocycles. The van der Waals surface area contributed by atoms with Crippen LogP contribution in [0.1, 0.15) is 62.6 Å². The lowest BCUT2D eigenvalue weighted by atomic mass is 9.90. The number of benzene rings is 3. The van der Waals surface area contributed by atoms with Crippen molar-refractivity contribution in [2.45, 2.75) is 57.7 Å². The number of fused-ring (bicyclic) bond motifs is 4. The van der Waals surface area contributed by atoms with Crippen molar-refractivity contribution in [3.05, 3.63) is 95.4 Å². The average molecular weight is 715 g/mol. The molecule has 6 aromatic rings. The predicted octanol–water partition coefficient (Wildman–Crippen LogP) is 7.49. The number of carbonyl (C=O) groups is 1. The maximum Gasteiger partial charge on any atom is 0.249 e. The minimum absolute atomic E-state index is 0.00145. The van der Waals surface area contributed by atoms with E-state index in [-0.39, 0.29) is 48.5 Å². The summed E-state index contributed by atoms with van der Waals surface area (Å²) in [7, 11) is 0. The van der Waals surface area contributed by atoms with Gasteiger partial charge >= 0.3 is 0 Å². The molecule has 2 unspecified atom stereocenters. The molecule has 2 fully saturated rings. The van der Waals surface area contributed by atoms with Crippen LogP contribution in [0.25, 0.3) is 55.0 Å². The predicted molar refractivity (Wildman–Crippen MR) is 200 cm³/mol. The number of morpholine rings is 1. The Hall–Kier alpha value is -5.28. The third kappa shape index (κ3) is 6.10. The van der Waals surface area contributed by atoms with Crippen LogP contribution in [0.5, 0.6) is 0 Å². The van der Waals surface area contributed by atoms with Crippen LogP contribution in [0.4, 0.5) is 8.78 Å². The second-order valence-electron chi connectivity index (χ2n) is 14.6. The molecule has 2 N–H and O–H groups in total. The van der Waals surface area contributed by atoms with Crippen molar-refractivity contribution in [2.75, 3.05) is 32.8 Å². The molecule has 2 saturated heterocycles. The highest BCUT2D eigenvalue weighted by Gasteiger charge is 2.33. The molecule has 3 aromatic heterocycles. The summed E-state index contributed by atoms with van der Waals surface area (Å²) in [5.74, 6) is -1.09. The molecular weight excluding hydrogens is 674 g/mol. The first-order valence-corrected chi connectivity index (χ1v) is 18.1. The molecular formula is C42H40F2N6O3. The monoisotopic (exact) mass is 714 g/mol. The van der Waals surface area contributed by atoms with Gasteiger partial charge in [-0.05, 0) is 98.5 Å². The first-order valence-electron chi connectivity index (χ1n) is 18.1. The molecule has 8 rings (SSSR count). The highest BCUT2D eigenvalue weighted by Crippen LogP contribution is 2.44. The highest BCUT2D eigenvalue weighted by molar-refractivity contribution is 6.12. The van der Waals surface area contributed by atoms with Gasteiger partial charge in [0.1, 0.15) is 23.5 Å². The molecule has 11 heteroatoms. The molecule has 0 bridgehead atoms. The van der Waals surface area contributed by atoms with Crippen molar-refractivity contribution < 1.29 is 23.4 Å². The van der Waals surface area contributed by atoms with Crippen LogP contribution in [0.15, 0.2) is 66.9 Å². The molecule has 0 spiro atoms. The Labute approximate surface area is 305 Å². The van der Waals surface area contributed by atoms with E-state index in [4.69, 9.17) is 9.72 Å². The second-order valence-corrected chi connectivity index (χ2v) is 14.6. The van der Waals surface area contributed by atoms with Crippen molar-refractivity contribution in [3.63, 3.8) is 0 Å². The van der Waals surface area contributed by atoms with Gasteiger partial charge in [-0.3, -0.25) is 9.78 Å². The number of carbonyl (C=O) groups excluding carboxylic acids is 1. The number of hydrogen-bond acceptors (Lipinski definition) is 7. The Balaban J connectivity index is 1.49. The lowest BCUT2D eigenvalue weighted by molar-refractivity contribution is -0.145. The van der Waals surface area contributed by atoms with E-state index in [2.05, 4.69) is 27.0 Å². The molecule has 0 saturated carbocycles. The van der Waals surface area contributed by atoms with Crippen LogP contribution < -0.4 is 5.32 Å². The number of ether oxygens (including phenoxy) is 1. The van der Waals surface area contributed by atoms with Crippen LogP contribution in [0, 0.1) is 23.0 Å². The molecule has 5 heterocycles. The average Bonchev–Trinajstić information content (AvgIpc) is 3.82. The SMILES string of the molecule is CC(c1cc2c(-c3ccc(C(C)(C)O)nc3)nc3c(F)c(-c4cccc5ccc(F)cc45)c(CCC#N)cc3c2n1C1CCNC1)N1CCOCC1=O. The summed E-state index contributed by atoms with van der Waals surface area (Å²) < 4.78 is 40.2. The summed E-state index contributed by atoms with van der Waals surface area (Å²) in [6.45, 7) is 7.73. The summed E-state index contributed by atoms with van der Waals surface area (Å²) in [5.41, 5.74) is 3.68. The van der Waals surface area contributed by atoms with Gasteiger partial charge in [-0.2, -0.15) is 5.26 Å². The number of nitrogens with zero attached hydrogens (tertiary/aromatic N) is 5. The molecule has 53 heavy (non-hydrogen) atoms. The lowest BCUT2D eigenvalue weighted by Gasteiger charge is -2.34. The van der Waals surface area contributed by atoms with E-state index in [1.165, 1.54) is 12.1 Å². The molecule has 1 amide bonds. The smallest absolute Gasteiger partial charge is 0.249 e. The number of nitrogens with one attached hydrogen (secondary N) is 1. The van der Waals surface area contributed by atoms with E-state index >= 15 is 4.39 Å². The Morgan fingerprint density at radius 1 is 1.11 bits per heavy atom. The number of amides is 1. The van der Waals surface area contributed by atoms with Crippen molar-refractivity contribution in [2.24, 2.45) is 0 Å². The molecule has 2 aliphatic heterocycles. The number of halogens is 2. The zero-order chi connectivity index (χ0) is 37.0. The van der Waals surface area contributed by atoms with E-state index in [0.29, 0.717) is 58.5 Å². The van der Waals surface area contributed by atoms with Crippen LogP contribution in [0.3, 0.4) is 0 Å². The van der Waals surface area contributed by atoms with Gasteiger partial charge in [-0.15, -0.1) is 0 Å². The quantitative estimate of drug-likeness (QED) is 0.168. The minimum atomic E-state index is -1.17. The van der Waals surface area contributed by atoms with Gasteiger partial charge in [-0.1, -0.05) is 24.3 Å². The third-order valence-corrected chi connectivity index (χ3v) is 10.7. The summed E-state index contributed by atoms with van der Waals surface area (Å²) in [5, 5.41) is 26.5. The van der Waals surface area contributed by atoms with Gasteiger partial charge in [-0.25, -0.2) is 13.8 Å². The van der Waals surface area contributed by atoms with Crippen LogP contribution >= 0.6 is 0 Å². The van der Waals surface area contributed by atoms with Gasteiger partial charge < -0.3 is 24.6 Å². The number of hydrogen-bond donors (Lipinski definition) is 2. The number of aliphatic hydroxyl groups is 1. The molecule has 0 radical (unpaired) electrons. The maximum absolute atomic E-state index is 17.8. The van der Waals surface area contributed by atoms with Gasteiger partial charge in [0, 0.05) is 59.3 Å². The fourth-order valence-corrected chi connectivity index (χ4v) is 8.09. The van der Waals surface area contributed by atoms with Crippen molar-refractivity contribution in [1.82, 2.24) is 24.8 Å². The van der Waals surface area contributed by atoms with Crippen LogP contribution in [0.2, 0.25) is 0 Å². The summed E-state index contributed by atoms with van der Waals surface area (Å²) in [4.78, 5) is 24.7. The fraction of sp³-hybridized carbons (Fsp3) is 0.333. The maximum atomic E-state index is 17.8. The Bertz CT molecular complexity index is 2440. The third-order valence-electron chi connectivity index (χ3n) is 10.7. The van der Waals surface area contributed by atoms with Gasteiger partial charge in [0.15, 0.2) is 5.82 Å². The number of pyridine rings is 2. The van der Waals surface area contributed by atoms with Crippen molar-refractivity contribution in [1.29, 1.82) is 5.26 Å². The standard InChI is InChI=1S/C42H40F2N6O3/c1-24(49-16-17-53-23-36(49)51)34-20-33-39(27-10-12-35(47-21-27)42(2,3)52)48-40-32(41(33)50(34)29-13-15-46-22-29)18-26(7-5-14-45)37(38(40)44)30-8-4-6-25-9-11-28(43)19-31(25)30/h4,6,8-12,18-21,24,29,46,52H,5,7,13,15-17,22-23H2,1-3H3. The van der Waals surface area contributed by atoms with Crippen LogP contribution in [-0.4, -0.2) is 63.3 Å². The van der Waals surface area contributed by atoms with Crippen molar-refractivity contribution >= 4 is 38.5 Å². The normalized spacial score (nSPS) is 17.3. The summed E-state index contributed by atoms with van der Waals surface area (Å²) in [6, 6.07) is 19.5. The zero-order valence-corrected chi connectivity index (χ0v) is 29.9. The first kappa shape index (κ1) is 34.8. The van der Waals surface area contributed by atoms with Crippen molar-refractivity contribution in [3.8, 4) is 28.5 Å². The summed E-state index contributed by atoms with van der Waals surface area (Å²) >= 11 is 0. The Morgan fingerprint density at radius 2 is 1.96 bits per heavy atom. The minimum Gasteiger partial charge on any atom is -0.384 e. The Morgan fingerprint density at radius 3 is 2.68 bits per heavy atom. The lowest BCUT2D eigenvalue weighted by Crippen LogP contribution is -2.43. The topological polar surface area (TPSA) is 116 Å². The Kier molecular flexibility index (Phi) is 8.93. The first-order chi connectivity index (χ1) is 25.5. The largest absolute Gasteiger partial charge is 0.384 e. The van der Waals surface area contributed by atoms with Gasteiger partial charge in [0.05, 0.1) is 35.6 Å². The van der Waals surface area contributed by atoms with Gasteiger partial charge in [0.25, 0.3) is 0 Å². The molecule has 3 aromatic carbocycles. The molecule has 2 atom stereocenters.